The number of hydrogen-bond acceptors (Lipinski definition) is 3. The maximum atomic E-state index is 12.3. The van der Waals surface area contributed by atoms with Gasteiger partial charge in [0, 0.05) is 12.6 Å². The summed E-state index contributed by atoms with van der Waals surface area (Å²) in [5.74, 6) is 0.0703. The number of carbonyl (C=O) groups excluding carboxylic acids is 1. The van der Waals surface area contributed by atoms with Gasteiger partial charge in [-0.3, -0.25) is 0 Å². The third kappa shape index (κ3) is 5.28. The van der Waals surface area contributed by atoms with Crippen LogP contribution in [0.25, 0.3) is 0 Å². The molecule has 8 heteroatoms. The molecule has 150 valence electrons. The summed E-state index contributed by atoms with van der Waals surface area (Å²) < 4.78 is 41.7. The lowest BCUT2D eigenvalue weighted by Crippen LogP contribution is -2.55. The number of amides is 2. The molecule has 2 aliphatic carbocycles. The quantitative estimate of drug-likeness (QED) is 0.669. The van der Waals surface area contributed by atoms with E-state index in [4.69, 9.17) is 4.74 Å². The average Bonchev–Trinajstić information content (AvgIpc) is 2.53. The van der Waals surface area contributed by atoms with Gasteiger partial charge in [-0.15, -0.1) is 0 Å². The Morgan fingerprint density at radius 3 is 2.67 bits per heavy atom. The smallest absolute Gasteiger partial charge is 0.422 e. The summed E-state index contributed by atoms with van der Waals surface area (Å²) in [5.41, 5.74) is 1.04. The van der Waals surface area contributed by atoms with Gasteiger partial charge in [0.2, 0.25) is 0 Å². The fraction of sp³-hybridized carbons (Fsp3) is 0.632. The number of aliphatic hydroxyl groups is 1. The molecule has 2 saturated carbocycles. The van der Waals surface area contributed by atoms with Gasteiger partial charge in [-0.25, -0.2) is 4.79 Å². The Balaban J connectivity index is 1.55. The highest BCUT2D eigenvalue weighted by molar-refractivity contribution is 5.75. The van der Waals surface area contributed by atoms with Gasteiger partial charge in [0.15, 0.2) is 6.61 Å². The van der Waals surface area contributed by atoms with Crippen LogP contribution in [0.1, 0.15) is 50.1 Å². The molecule has 0 saturated heterocycles. The van der Waals surface area contributed by atoms with Gasteiger partial charge in [-0.1, -0.05) is 18.6 Å². The van der Waals surface area contributed by atoms with Crippen LogP contribution >= 0.6 is 0 Å². The molecule has 0 radical (unpaired) electrons. The highest BCUT2D eigenvalue weighted by Crippen LogP contribution is 2.55. The fourth-order valence-corrected chi connectivity index (χ4v) is 4.00. The Morgan fingerprint density at radius 1 is 1.33 bits per heavy atom. The number of aliphatic hydroxyl groups excluding tert-OH is 1. The maximum Gasteiger partial charge on any atom is 0.422 e. The van der Waals surface area contributed by atoms with Crippen molar-refractivity contribution in [3.05, 3.63) is 29.8 Å². The molecule has 2 aliphatic rings. The number of benzene rings is 1. The summed E-state index contributed by atoms with van der Waals surface area (Å²) >= 11 is 0. The van der Waals surface area contributed by atoms with Gasteiger partial charge >= 0.3 is 12.2 Å². The molecule has 0 bridgehead atoms. The molecule has 3 N–H and O–H groups in total. The summed E-state index contributed by atoms with van der Waals surface area (Å²) in [6.07, 6.45) is 1.60. The van der Waals surface area contributed by atoms with Crippen molar-refractivity contribution in [2.45, 2.75) is 56.8 Å². The predicted molar refractivity (Wildman–Crippen MR) is 93.4 cm³/mol. The molecular formula is C19H25F3N2O3. The van der Waals surface area contributed by atoms with E-state index in [0.29, 0.717) is 11.0 Å². The molecule has 0 aromatic heterocycles. The number of carbonyl (C=O) groups is 1. The molecule has 1 unspecified atom stereocenters. The summed E-state index contributed by atoms with van der Waals surface area (Å²) in [7, 11) is 0. The van der Waals surface area contributed by atoms with Crippen molar-refractivity contribution in [2.24, 2.45) is 5.41 Å². The van der Waals surface area contributed by atoms with Crippen LogP contribution in [0.2, 0.25) is 0 Å². The number of halogens is 3. The lowest BCUT2D eigenvalue weighted by atomic mass is 9.54. The van der Waals surface area contributed by atoms with E-state index in [2.05, 4.69) is 10.6 Å². The van der Waals surface area contributed by atoms with E-state index in [-0.39, 0.29) is 30.9 Å². The summed E-state index contributed by atoms with van der Waals surface area (Å²) in [5, 5.41) is 15.0. The van der Waals surface area contributed by atoms with Crippen molar-refractivity contribution in [1.29, 1.82) is 0 Å². The van der Waals surface area contributed by atoms with E-state index < -0.39 is 18.8 Å². The first kappa shape index (κ1) is 19.8. The first-order chi connectivity index (χ1) is 12.8. The minimum Gasteiger partial charge on any atom is -0.484 e. The third-order valence-corrected chi connectivity index (χ3v) is 5.49. The molecule has 3 rings (SSSR count). The fourth-order valence-electron chi connectivity index (χ4n) is 4.00. The maximum absolute atomic E-state index is 12.3. The SMILES string of the molecule is O=C(NC1CC2(CCC2)C1)NC(CCO)c1cccc(OCC(F)(F)F)c1. The molecule has 1 aromatic rings. The number of alkyl halides is 3. The lowest BCUT2D eigenvalue weighted by Gasteiger charge is -2.54. The van der Waals surface area contributed by atoms with Crippen LogP contribution in [0.15, 0.2) is 24.3 Å². The molecule has 1 spiro atoms. The zero-order valence-corrected chi connectivity index (χ0v) is 15.0. The Labute approximate surface area is 156 Å². The monoisotopic (exact) mass is 386 g/mol. The Morgan fingerprint density at radius 2 is 2.07 bits per heavy atom. The van der Waals surface area contributed by atoms with Gasteiger partial charge in [-0.2, -0.15) is 13.2 Å². The third-order valence-electron chi connectivity index (χ3n) is 5.49. The van der Waals surface area contributed by atoms with Gasteiger partial charge in [0.25, 0.3) is 0 Å². The zero-order chi connectivity index (χ0) is 19.5. The largest absolute Gasteiger partial charge is 0.484 e. The van der Waals surface area contributed by atoms with Crippen molar-refractivity contribution in [3.8, 4) is 5.75 Å². The molecule has 1 aromatic carbocycles. The number of nitrogens with one attached hydrogen (secondary N) is 2. The van der Waals surface area contributed by atoms with E-state index in [1.807, 2.05) is 0 Å². The number of urea groups is 1. The second-order valence-corrected chi connectivity index (χ2v) is 7.62. The van der Waals surface area contributed by atoms with E-state index >= 15 is 0 Å². The molecule has 1 atom stereocenters. The minimum atomic E-state index is -4.42. The van der Waals surface area contributed by atoms with Crippen LogP contribution in [0.3, 0.4) is 0 Å². The lowest BCUT2D eigenvalue weighted by molar-refractivity contribution is -0.153. The van der Waals surface area contributed by atoms with Crippen LogP contribution in [-0.4, -0.2) is 36.6 Å². The van der Waals surface area contributed by atoms with Crippen molar-refractivity contribution < 1.29 is 27.8 Å². The Bertz CT molecular complexity index is 654. The van der Waals surface area contributed by atoms with Gasteiger partial charge in [-0.05, 0) is 55.2 Å². The van der Waals surface area contributed by atoms with E-state index in [1.165, 1.54) is 31.4 Å². The van der Waals surface area contributed by atoms with Crippen LogP contribution in [0.5, 0.6) is 5.75 Å². The molecule has 0 heterocycles. The molecule has 27 heavy (non-hydrogen) atoms. The number of hydrogen-bond donors (Lipinski definition) is 3. The zero-order valence-electron chi connectivity index (χ0n) is 15.0. The first-order valence-electron chi connectivity index (χ1n) is 9.26. The highest BCUT2D eigenvalue weighted by Gasteiger charge is 2.48. The van der Waals surface area contributed by atoms with Crippen molar-refractivity contribution in [3.63, 3.8) is 0 Å². The molecule has 5 nitrogen and oxygen atoms in total. The Kier molecular flexibility index (Phi) is 5.83. The molecule has 2 fully saturated rings. The van der Waals surface area contributed by atoms with Crippen LogP contribution < -0.4 is 15.4 Å². The van der Waals surface area contributed by atoms with Crippen molar-refractivity contribution >= 4 is 6.03 Å². The number of rotatable bonds is 7. The highest BCUT2D eigenvalue weighted by atomic mass is 19.4. The average molecular weight is 386 g/mol. The van der Waals surface area contributed by atoms with Gasteiger partial charge in [0.1, 0.15) is 5.75 Å². The van der Waals surface area contributed by atoms with E-state index in [9.17, 15) is 23.1 Å². The first-order valence-corrected chi connectivity index (χ1v) is 9.26. The molecular weight excluding hydrogens is 361 g/mol. The van der Waals surface area contributed by atoms with Crippen molar-refractivity contribution in [2.75, 3.05) is 13.2 Å². The van der Waals surface area contributed by atoms with Gasteiger partial charge < -0.3 is 20.5 Å². The van der Waals surface area contributed by atoms with Crippen molar-refractivity contribution in [1.82, 2.24) is 10.6 Å². The Hall–Kier alpha value is -1.96. The second kappa shape index (κ2) is 7.96. The molecule has 2 amide bonds. The predicted octanol–water partition coefficient (Wildman–Crippen LogP) is 3.68. The normalized spacial score (nSPS) is 19.7. The standard InChI is InChI=1S/C19H25F3N2O3/c20-19(21,22)12-27-15-4-1-3-13(9-15)16(5-8-25)24-17(26)23-14-10-18(11-14)6-2-7-18/h1,3-4,9,14,16,25H,2,5-8,10-12H2,(H2,23,24,26). The second-order valence-electron chi connectivity index (χ2n) is 7.62. The van der Waals surface area contributed by atoms with Gasteiger partial charge in [0.05, 0.1) is 6.04 Å². The van der Waals surface area contributed by atoms with Crippen LogP contribution in [0.4, 0.5) is 18.0 Å². The number of ether oxygens (including phenoxy) is 1. The molecule has 0 aliphatic heterocycles. The van der Waals surface area contributed by atoms with Crippen LogP contribution in [-0.2, 0) is 0 Å². The minimum absolute atomic E-state index is 0.0703. The van der Waals surface area contributed by atoms with Crippen LogP contribution in [0, 0.1) is 5.41 Å². The van der Waals surface area contributed by atoms with E-state index in [0.717, 1.165) is 12.8 Å². The summed E-state index contributed by atoms with van der Waals surface area (Å²) in [6.45, 7) is -1.54. The summed E-state index contributed by atoms with van der Waals surface area (Å²) in [4.78, 5) is 12.3. The summed E-state index contributed by atoms with van der Waals surface area (Å²) in [6, 6.07) is 5.47. The van der Waals surface area contributed by atoms with E-state index in [1.54, 1.807) is 12.1 Å². The topological polar surface area (TPSA) is 70.6 Å².